The number of benzene rings is 1. The molecule has 0 spiro atoms. The molecule has 2 N–H and O–H groups in total. The minimum atomic E-state index is -0.395. The molecule has 3 rings (SSSR count). The summed E-state index contributed by atoms with van der Waals surface area (Å²) in [6.45, 7) is -0.000362. The number of pyridine rings is 1. The highest BCUT2D eigenvalue weighted by atomic mass is 19.1. The summed E-state index contributed by atoms with van der Waals surface area (Å²) in [7, 11) is 1.32. The third-order valence-electron chi connectivity index (χ3n) is 3.49. The van der Waals surface area contributed by atoms with Gasteiger partial charge in [0, 0.05) is 18.0 Å². The Morgan fingerprint density at radius 2 is 1.88 bits per heavy atom. The van der Waals surface area contributed by atoms with Gasteiger partial charge in [0.25, 0.3) is 0 Å². The van der Waals surface area contributed by atoms with E-state index in [1.165, 1.54) is 19.2 Å². The number of hydrogen-bond donors (Lipinski definition) is 2. The molecule has 0 fully saturated rings. The number of hydrogen-bond acceptors (Lipinski definition) is 5. The first-order chi connectivity index (χ1) is 11.7. The van der Waals surface area contributed by atoms with E-state index in [0.29, 0.717) is 11.5 Å². The van der Waals surface area contributed by atoms with Crippen molar-refractivity contribution < 1.29 is 13.9 Å². The van der Waals surface area contributed by atoms with E-state index in [0.717, 1.165) is 16.7 Å². The van der Waals surface area contributed by atoms with Gasteiger partial charge in [0.05, 0.1) is 12.7 Å². The van der Waals surface area contributed by atoms with Crippen LogP contribution < -0.4 is 5.32 Å². The first-order valence-corrected chi connectivity index (χ1v) is 7.24. The molecule has 2 heterocycles. The summed E-state index contributed by atoms with van der Waals surface area (Å²) in [5, 5.41) is 10.2. The Balaban J connectivity index is 2.04. The Hall–Kier alpha value is -3.22. The minimum Gasteiger partial charge on any atom is -0.468 e. The van der Waals surface area contributed by atoms with Crippen LogP contribution >= 0.6 is 0 Å². The fourth-order valence-electron chi connectivity index (χ4n) is 2.32. The quantitative estimate of drug-likeness (QED) is 0.705. The van der Waals surface area contributed by atoms with Crippen LogP contribution in [0.3, 0.4) is 0 Å². The lowest BCUT2D eigenvalue weighted by Gasteiger charge is -2.08. The van der Waals surface area contributed by atoms with Crippen molar-refractivity contribution >= 4 is 11.8 Å². The monoisotopic (exact) mass is 326 g/mol. The van der Waals surface area contributed by atoms with Gasteiger partial charge in [0.2, 0.25) is 0 Å². The van der Waals surface area contributed by atoms with Crippen molar-refractivity contribution in [2.24, 2.45) is 0 Å². The molecule has 3 aromatic rings. The maximum atomic E-state index is 13.2. The van der Waals surface area contributed by atoms with Crippen LogP contribution in [0.4, 0.5) is 10.2 Å². The molecule has 6 nitrogen and oxygen atoms in total. The van der Waals surface area contributed by atoms with Gasteiger partial charge in [-0.3, -0.25) is 14.9 Å². The van der Waals surface area contributed by atoms with Crippen LogP contribution in [-0.2, 0) is 9.53 Å². The summed E-state index contributed by atoms with van der Waals surface area (Å²) >= 11 is 0. The van der Waals surface area contributed by atoms with Crippen molar-refractivity contribution in [1.29, 1.82) is 0 Å². The predicted octanol–water partition coefficient (Wildman–Crippen LogP) is 2.86. The Morgan fingerprint density at radius 1 is 1.17 bits per heavy atom. The topological polar surface area (TPSA) is 79.9 Å². The second kappa shape index (κ2) is 6.91. The Morgan fingerprint density at radius 3 is 2.54 bits per heavy atom. The molecule has 122 valence electrons. The maximum Gasteiger partial charge on any atom is 0.325 e. The van der Waals surface area contributed by atoms with Gasteiger partial charge >= 0.3 is 5.97 Å². The van der Waals surface area contributed by atoms with Gasteiger partial charge in [-0.25, -0.2) is 4.39 Å². The molecule has 0 amide bonds. The highest BCUT2D eigenvalue weighted by Gasteiger charge is 2.17. The number of nitrogens with one attached hydrogen (secondary N) is 2. The fourth-order valence-corrected chi connectivity index (χ4v) is 2.32. The van der Waals surface area contributed by atoms with Crippen LogP contribution in [0.15, 0.2) is 48.8 Å². The summed E-state index contributed by atoms with van der Waals surface area (Å²) in [5.41, 5.74) is 3.04. The predicted molar refractivity (Wildman–Crippen MR) is 87.7 cm³/mol. The Labute approximate surface area is 137 Å². The van der Waals surface area contributed by atoms with Gasteiger partial charge in [-0.05, 0) is 42.0 Å². The summed E-state index contributed by atoms with van der Waals surface area (Å²) in [6, 6.07) is 9.73. The van der Waals surface area contributed by atoms with Crippen molar-refractivity contribution in [3.63, 3.8) is 0 Å². The molecule has 0 bridgehead atoms. The number of methoxy groups -OCH3 is 1. The van der Waals surface area contributed by atoms with Gasteiger partial charge in [-0.1, -0.05) is 0 Å². The van der Waals surface area contributed by atoms with Gasteiger partial charge in [-0.2, -0.15) is 5.10 Å². The number of halogens is 1. The number of esters is 1. The van der Waals surface area contributed by atoms with E-state index in [1.54, 1.807) is 24.5 Å². The van der Waals surface area contributed by atoms with E-state index in [2.05, 4.69) is 25.2 Å². The summed E-state index contributed by atoms with van der Waals surface area (Å²) in [6.07, 6.45) is 3.34. The summed E-state index contributed by atoms with van der Waals surface area (Å²) in [5.74, 6) is -0.136. The van der Waals surface area contributed by atoms with Crippen molar-refractivity contribution in [3.8, 4) is 22.4 Å². The van der Waals surface area contributed by atoms with Crippen molar-refractivity contribution in [2.75, 3.05) is 19.0 Å². The smallest absolute Gasteiger partial charge is 0.325 e. The first-order valence-electron chi connectivity index (χ1n) is 7.24. The second-order valence-corrected chi connectivity index (χ2v) is 4.99. The average molecular weight is 326 g/mol. The molecular formula is C17H15FN4O2. The standard InChI is InChI=1S/C17H15FN4O2/c1-24-14(23)10-20-17-15(11-6-8-19-9-7-11)16(21-22-17)12-2-4-13(18)5-3-12/h2-9H,10H2,1H3,(H2,20,21,22). The maximum absolute atomic E-state index is 13.2. The zero-order valence-corrected chi connectivity index (χ0v) is 12.9. The highest BCUT2D eigenvalue weighted by molar-refractivity contribution is 5.89. The van der Waals surface area contributed by atoms with E-state index in [9.17, 15) is 9.18 Å². The van der Waals surface area contributed by atoms with E-state index in [-0.39, 0.29) is 12.4 Å². The average Bonchev–Trinajstić information content (AvgIpc) is 3.05. The van der Waals surface area contributed by atoms with Crippen molar-refractivity contribution in [3.05, 3.63) is 54.6 Å². The van der Waals surface area contributed by atoms with Crippen LogP contribution in [0.1, 0.15) is 0 Å². The van der Waals surface area contributed by atoms with Gasteiger partial charge in [-0.15, -0.1) is 0 Å². The van der Waals surface area contributed by atoms with E-state index < -0.39 is 5.97 Å². The molecule has 0 atom stereocenters. The van der Waals surface area contributed by atoms with Crippen molar-refractivity contribution in [1.82, 2.24) is 15.2 Å². The SMILES string of the molecule is COC(=O)CNc1[nH]nc(-c2ccc(F)cc2)c1-c1ccncc1. The minimum absolute atomic E-state index is 0.000362. The Bertz CT molecular complexity index is 832. The van der Waals surface area contributed by atoms with Crippen molar-refractivity contribution in [2.45, 2.75) is 0 Å². The number of ether oxygens (including phenoxy) is 1. The van der Waals surface area contributed by atoms with E-state index in [1.807, 2.05) is 12.1 Å². The number of H-pyrrole nitrogens is 1. The molecular weight excluding hydrogens is 311 g/mol. The number of nitrogens with zero attached hydrogens (tertiary/aromatic N) is 2. The summed E-state index contributed by atoms with van der Waals surface area (Å²) < 4.78 is 17.8. The Kier molecular flexibility index (Phi) is 4.51. The molecule has 0 radical (unpaired) electrons. The van der Waals surface area contributed by atoms with E-state index in [4.69, 9.17) is 0 Å². The van der Waals surface area contributed by atoms with Crippen LogP contribution in [0, 0.1) is 5.82 Å². The zero-order chi connectivity index (χ0) is 16.9. The van der Waals surface area contributed by atoms with Crippen LogP contribution in [-0.4, -0.2) is 34.8 Å². The lowest BCUT2D eigenvalue weighted by molar-refractivity contribution is -0.138. The third-order valence-corrected chi connectivity index (χ3v) is 3.49. The molecule has 2 aromatic heterocycles. The van der Waals surface area contributed by atoms with Crippen LogP contribution in [0.2, 0.25) is 0 Å². The molecule has 0 unspecified atom stereocenters. The number of carbonyl (C=O) groups is 1. The largest absolute Gasteiger partial charge is 0.468 e. The normalized spacial score (nSPS) is 10.4. The highest BCUT2D eigenvalue weighted by Crippen LogP contribution is 2.35. The van der Waals surface area contributed by atoms with E-state index >= 15 is 0 Å². The molecule has 0 aliphatic carbocycles. The fraction of sp³-hybridized carbons (Fsp3) is 0.118. The zero-order valence-electron chi connectivity index (χ0n) is 12.9. The number of rotatable bonds is 5. The number of aromatic amines is 1. The molecule has 0 saturated heterocycles. The molecule has 0 aliphatic heterocycles. The van der Waals surface area contributed by atoms with Crippen LogP contribution in [0.5, 0.6) is 0 Å². The molecule has 0 saturated carbocycles. The molecule has 1 aromatic carbocycles. The summed E-state index contributed by atoms with van der Waals surface area (Å²) in [4.78, 5) is 15.4. The molecule has 0 aliphatic rings. The number of aromatic nitrogens is 3. The third kappa shape index (κ3) is 3.24. The number of anilines is 1. The number of carbonyl (C=O) groups excluding carboxylic acids is 1. The van der Waals surface area contributed by atoms with Gasteiger partial charge in [0.1, 0.15) is 23.9 Å². The second-order valence-electron chi connectivity index (χ2n) is 4.99. The lowest BCUT2D eigenvalue weighted by atomic mass is 10.0. The molecule has 7 heteroatoms. The lowest BCUT2D eigenvalue weighted by Crippen LogP contribution is -2.15. The first kappa shape index (κ1) is 15.7. The van der Waals surface area contributed by atoms with Crippen LogP contribution in [0.25, 0.3) is 22.4 Å². The molecule has 24 heavy (non-hydrogen) atoms. The van der Waals surface area contributed by atoms with Gasteiger partial charge in [0.15, 0.2) is 0 Å². The van der Waals surface area contributed by atoms with Gasteiger partial charge < -0.3 is 10.1 Å².